The van der Waals surface area contributed by atoms with Crippen molar-refractivity contribution < 1.29 is 4.63 Å². The molecule has 0 bridgehead atoms. The predicted octanol–water partition coefficient (Wildman–Crippen LogP) is 3.52. The molecular weight excluding hydrogens is 344 g/mol. The number of rotatable bonds is 2. The highest BCUT2D eigenvalue weighted by Gasteiger charge is 2.15. The minimum atomic E-state index is 0.432. The van der Waals surface area contributed by atoms with Crippen molar-refractivity contribution in [2.75, 3.05) is 5.73 Å². The lowest BCUT2D eigenvalue weighted by molar-refractivity contribution is 0.315. The Morgan fingerprint density at radius 2 is 2.15 bits per heavy atom. The second kappa shape index (κ2) is 5.03. The summed E-state index contributed by atoms with van der Waals surface area (Å²) >= 11 is 9.41. The molecule has 2 heterocycles. The number of nitrogens with zero attached hydrogens (tertiary/aromatic N) is 3. The smallest absolute Gasteiger partial charge is 0.226 e. The monoisotopic (exact) mass is 352 g/mol. The average Bonchev–Trinajstić information content (AvgIpc) is 2.87. The highest BCUT2D eigenvalue weighted by Crippen LogP contribution is 2.28. The number of hydrogen-bond acceptors (Lipinski definition) is 5. The van der Waals surface area contributed by atoms with E-state index >= 15 is 0 Å². The normalized spacial score (nSPS) is 11.2. The molecule has 3 rings (SSSR count). The van der Waals surface area contributed by atoms with Crippen LogP contribution < -0.4 is 5.73 Å². The molecular formula is C13H10BrClN4O. The second-order valence-electron chi connectivity index (χ2n) is 4.45. The number of aryl methyl sites for hydroxylation is 1. The van der Waals surface area contributed by atoms with E-state index in [-0.39, 0.29) is 0 Å². The molecule has 2 aromatic heterocycles. The topological polar surface area (TPSA) is 77.8 Å². The lowest BCUT2D eigenvalue weighted by Crippen LogP contribution is -2.02. The van der Waals surface area contributed by atoms with Crippen molar-refractivity contribution in [3.63, 3.8) is 0 Å². The Bertz CT molecular complexity index is 802. The van der Waals surface area contributed by atoms with Crippen LogP contribution in [0.5, 0.6) is 0 Å². The number of halogens is 2. The summed E-state index contributed by atoms with van der Waals surface area (Å²) < 4.78 is 5.53. The Balaban J connectivity index is 2.07. The largest absolute Gasteiger partial charge is 0.396 e. The molecule has 0 radical (unpaired) electrons. The van der Waals surface area contributed by atoms with Gasteiger partial charge in [0.2, 0.25) is 5.65 Å². The van der Waals surface area contributed by atoms with E-state index in [4.69, 9.17) is 17.3 Å². The van der Waals surface area contributed by atoms with Gasteiger partial charge in [-0.1, -0.05) is 17.7 Å². The zero-order chi connectivity index (χ0) is 14.3. The molecule has 2 N–H and O–H groups in total. The van der Waals surface area contributed by atoms with Crippen LogP contribution in [0.15, 0.2) is 27.3 Å². The molecule has 0 fully saturated rings. The summed E-state index contributed by atoms with van der Waals surface area (Å²) in [5, 5.41) is 8.18. The molecule has 20 heavy (non-hydrogen) atoms. The van der Waals surface area contributed by atoms with E-state index in [1.54, 1.807) is 0 Å². The summed E-state index contributed by atoms with van der Waals surface area (Å²) in [6.45, 7) is 1.89. The Hall–Kier alpha value is -1.66. The van der Waals surface area contributed by atoms with Gasteiger partial charge in [-0.25, -0.2) is 9.61 Å². The number of anilines is 1. The Kier molecular flexibility index (Phi) is 3.35. The van der Waals surface area contributed by atoms with Crippen molar-refractivity contribution in [3.8, 4) is 0 Å². The standard InChI is InChI=1S/C13H10BrClN4O/c1-6-8(4-7-2-3-10(15)9(14)5-7)11(16)12-13(17-6)19-20-18-12/h2-3,5H,4,16H2,1H3. The second-order valence-corrected chi connectivity index (χ2v) is 5.71. The van der Waals surface area contributed by atoms with Crippen LogP contribution in [0.3, 0.4) is 0 Å². The molecule has 102 valence electrons. The number of benzene rings is 1. The van der Waals surface area contributed by atoms with Crippen LogP contribution >= 0.6 is 27.5 Å². The lowest BCUT2D eigenvalue weighted by Gasteiger charge is -2.09. The van der Waals surface area contributed by atoms with Crippen LogP contribution in [-0.4, -0.2) is 15.3 Å². The lowest BCUT2D eigenvalue weighted by atomic mass is 10.0. The van der Waals surface area contributed by atoms with Crippen molar-refractivity contribution in [2.45, 2.75) is 13.3 Å². The molecule has 5 nitrogen and oxygen atoms in total. The molecule has 3 aromatic rings. The number of aromatic nitrogens is 3. The molecule has 0 saturated heterocycles. The molecule has 0 aliphatic carbocycles. The van der Waals surface area contributed by atoms with Gasteiger partial charge < -0.3 is 5.73 Å². The van der Waals surface area contributed by atoms with Gasteiger partial charge in [0, 0.05) is 22.2 Å². The maximum absolute atomic E-state index is 6.14. The van der Waals surface area contributed by atoms with E-state index in [1.807, 2.05) is 25.1 Å². The minimum Gasteiger partial charge on any atom is -0.396 e. The van der Waals surface area contributed by atoms with E-state index in [1.165, 1.54) is 0 Å². The summed E-state index contributed by atoms with van der Waals surface area (Å²) in [6.07, 6.45) is 0.642. The van der Waals surface area contributed by atoms with E-state index in [9.17, 15) is 0 Å². The van der Waals surface area contributed by atoms with Crippen LogP contribution in [0, 0.1) is 6.92 Å². The number of nitrogens with two attached hydrogens (primary N) is 1. The molecule has 0 aliphatic rings. The number of pyridine rings is 1. The molecule has 0 unspecified atom stereocenters. The van der Waals surface area contributed by atoms with Crippen LogP contribution in [0.1, 0.15) is 16.8 Å². The van der Waals surface area contributed by atoms with Gasteiger partial charge in [-0.15, -0.1) is 0 Å². The van der Waals surface area contributed by atoms with E-state index in [0.29, 0.717) is 28.3 Å². The first-order chi connectivity index (χ1) is 9.56. The summed E-state index contributed by atoms with van der Waals surface area (Å²) in [4.78, 5) is 4.35. The zero-order valence-corrected chi connectivity index (χ0v) is 12.9. The van der Waals surface area contributed by atoms with Gasteiger partial charge in [-0.05, 0) is 50.9 Å². The average molecular weight is 354 g/mol. The SMILES string of the molecule is Cc1nc2nonc2c(N)c1Cc1ccc(Cl)c(Br)c1. The first-order valence-corrected chi connectivity index (χ1v) is 7.04. The highest BCUT2D eigenvalue weighted by atomic mass is 79.9. The maximum atomic E-state index is 6.14. The molecule has 7 heteroatoms. The van der Waals surface area contributed by atoms with Crippen LogP contribution in [0.4, 0.5) is 5.69 Å². The quantitative estimate of drug-likeness (QED) is 0.762. The van der Waals surface area contributed by atoms with Crippen molar-refractivity contribution in [2.24, 2.45) is 0 Å². The van der Waals surface area contributed by atoms with Gasteiger partial charge in [0.05, 0.1) is 10.7 Å². The molecule has 0 spiro atoms. The molecule has 1 aromatic carbocycles. The molecule has 0 aliphatic heterocycles. The fourth-order valence-corrected chi connectivity index (χ4v) is 2.61. The maximum Gasteiger partial charge on any atom is 0.226 e. The van der Waals surface area contributed by atoms with Gasteiger partial charge >= 0.3 is 0 Å². The van der Waals surface area contributed by atoms with Crippen molar-refractivity contribution in [1.82, 2.24) is 15.3 Å². The zero-order valence-electron chi connectivity index (χ0n) is 10.5. The van der Waals surface area contributed by atoms with Gasteiger partial charge in [0.15, 0.2) is 5.52 Å². The first-order valence-electron chi connectivity index (χ1n) is 5.87. The molecule has 0 atom stereocenters. The summed E-state index contributed by atoms with van der Waals surface area (Å²) in [6, 6.07) is 5.76. The Morgan fingerprint density at radius 1 is 1.35 bits per heavy atom. The number of nitrogen functional groups attached to an aromatic ring is 1. The number of hydrogen-bond donors (Lipinski definition) is 1. The third kappa shape index (κ3) is 2.25. The van der Waals surface area contributed by atoms with Gasteiger partial charge in [0.1, 0.15) is 0 Å². The van der Waals surface area contributed by atoms with Crippen LogP contribution in [-0.2, 0) is 6.42 Å². The fourth-order valence-electron chi connectivity index (χ4n) is 2.07. The fraction of sp³-hybridized carbons (Fsp3) is 0.154. The third-order valence-electron chi connectivity index (χ3n) is 3.13. The third-order valence-corrected chi connectivity index (χ3v) is 4.34. The van der Waals surface area contributed by atoms with Crippen molar-refractivity contribution in [3.05, 3.63) is 44.5 Å². The first kappa shape index (κ1) is 13.3. The number of fused-ring (bicyclic) bond motifs is 1. The van der Waals surface area contributed by atoms with Gasteiger partial charge in [-0.2, -0.15) is 0 Å². The summed E-state index contributed by atoms with van der Waals surface area (Å²) in [7, 11) is 0. The van der Waals surface area contributed by atoms with Crippen LogP contribution in [0.2, 0.25) is 5.02 Å². The molecule has 0 amide bonds. The van der Waals surface area contributed by atoms with E-state index in [2.05, 4.69) is 35.9 Å². The summed E-state index contributed by atoms with van der Waals surface area (Å²) in [5.41, 5.74) is 10.4. The van der Waals surface area contributed by atoms with Gasteiger partial charge in [0.25, 0.3) is 0 Å². The minimum absolute atomic E-state index is 0.432. The van der Waals surface area contributed by atoms with Crippen molar-refractivity contribution in [1.29, 1.82) is 0 Å². The summed E-state index contributed by atoms with van der Waals surface area (Å²) in [5.74, 6) is 0. The van der Waals surface area contributed by atoms with Crippen LogP contribution in [0.25, 0.3) is 11.2 Å². The molecule has 0 saturated carbocycles. The Morgan fingerprint density at radius 3 is 2.90 bits per heavy atom. The Labute approximate surface area is 128 Å². The van der Waals surface area contributed by atoms with Gasteiger partial charge in [-0.3, -0.25) is 0 Å². The van der Waals surface area contributed by atoms with E-state index < -0.39 is 0 Å². The highest BCUT2D eigenvalue weighted by molar-refractivity contribution is 9.10. The van der Waals surface area contributed by atoms with E-state index in [0.717, 1.165) is 21.3 Å². The van der Waals surface area contributed by atoms with Crippen molar-refractivity contribution >= 4 is 44.4 Å². The predicted molar refractivity (Wildman–Crippen MR) is 80.7 cm³/mol.